The van der Waals surface area contributed by atoms with Gasteiger partial charge in [-0.2, -0.15) is 0 Å². The molecule has 0 fully saturated rings. The van der Waals surface area contributed by atoms with Crippen LogP contribution in [0.25, 0.3) is 5.69 Å². The molecule has 0 aliphatic rings. The normalized spacial score (nSPS) is 11.0. The summed E-state index contributed by atoms with van der Waals surface area (Å²) in [5.74, 6) is 1.13. The summed E-state index contributed by atoms with van der Waals surface area (Å²) < 4.78 is 1.87. The van der Waals surface area contributed by atoms with E-state index in [4.69, 9.17) is 46.4 Å². The third kappa shape index (κ3) is 5.62. The standard InChI is InChI=1S/C20H18Cl4N4OS/c1-2-3-8-30-20-27-26-18(28(20)13-5-7-15(22)17(24)10-13)11-25-19(29)14-6-4-12(21)9-16(14)23/h4-7,9-10H,2-3,8,11H2,1H3,(H,25,29). The van der Waals surface area contributed by atoms with E-state index in [0.717, 1.165) is 29.4 Å². The molecule has 30 heavy (non-hydrogen) atoms. The van der Waals surface area contributed by atoms with E-state index in [1.54, 1.807) is 36.0 Å². The number of unbranched alkanes of at least 4 members (excludes halogenated alkanes) is 1. The topological polar surface area (TPSA) is 59.8 Å². The molecule has 2 aromatic carbocycles. The molecule has 0 saturated heterocycles. The van der Waals surface area contributed by atoms with Gasteiger partial charge in [-0.15, -0.1) is 10.2 Å². The molecule has 5 nitrogen and oxygen atoms in total. The Balaban J connectivity index is 1.86. The number of amides is 1. The first-order valence-electron chi connectivity index (χ1n) is 9.16. The molecule has 1 heterocycles. The van der Waals surface area contributed by atoms with Crippen LogP contribution in [0.1, 0.15) is 35.9 Å². The number of carbonyl (C=O) groups excluding carboxylic acids is 1. The number of thioether (sulfide) groups is 1. The predicted octanol–water partition coefficient (Wildman–Crippen LogP) is 6.70. The minimum atomic E-state index is -0.333. The Hall–Kier alpha value is -1.44. The molecule has 158 valence electrons. The number of hydrogen-bond acceptors (Lipinski definition) is 4. The van der Waals surface area contributed by atoms with E-state index in [1.807, 2.05) is 10.6 Å². The summed E-state index contributed by atoms with van der Waals surface area (Å²) in [5, 5.41) is 13.8. The van der Waals surface area contributed by atoms with Gasteiger partial charge in [0.05, 0.1) is 32.9 Å². The van der Waals surface area contributed by atoms with E-state index in [-0.39, 0.29) is 17.5 Å². The summed E-state index contributed by atoms with van der Waals surface area (Å²) >= 11 is 25.9. The highest BCUT2D eigenvalue weighted by Gasteiger charge is 2.17. The van der Waals surface area contributed by atoms with Gasteiger partial charge in [-0.05, 0) is 42.8 Å². The van der Waals surface area contributed by atoms with Gasteiger partial charge in [0.2, 0.25) is 0 Å². The summed E-state index contributed by atoms with van der Waals surface area (Å²) in [6.07, 6.45) is 2.14. The Morgan fingerprint density at radius 2 is 1.83 bits per heavy atom. The molecule has 1 amide bonds. The Labute approximate surface area is 199 Å². The number of benzene rings is 2. The molecule has 10 heteroatoms. The predicted molar refractivity (Wildman–Crippen MR) is 125 cm³/mol. The van der Waals surface area contributed by atoms with Crippen molar-refractivity contribution in [1.82, 2.24) is 20.1 Å². The number of nitrogens with one attached hydrogen (secondary N) is 1. The van der Waals surface area contributed by atoms with Crippen LogP contribution in [0, 0.1) is 0 Å². The molecule has 0 aliphatic carbocycles. The van der Waals surface area contributed by atoms with Crippen molar-refractivity contribution in [2.45, 2.75) is 31.5 Å². The summed E-state index contributed by atoms with van der Waals surface area (Å²) in [6, 6.07) is 10.0. The lowest BCUT2D eigenvalue weighted by Gasteiger charge is -2.12. The molecule has 0 atom stereocenters. The number of hydrogen-bond donors (Lipinski definition) is 1. The van der Waals surface area contributed by atoms with Crippen molar-refractivity contribution in [2.75, 3.05) is 5.75 Å². The van der Waals surface area contributed by atoms with Crippen LogP contribution in [0.15, 0.2) is 41.6 Å². The van der Waals surface area contributed by atoms with Gasteiger partial charge in [0.1, 0.15) is 0 Å². The minimum absolute atomic E-state index is 0.152. The smallest absolute Gasteiger partial charge is 0.253 e. The van der Waals surface area contributed by atoms with E-state index >= 15 is 0 Å². The highest BCUT2D eigenvalue weighted by atomic mass is 35.5. The van der Waals surface area contributed by atoms with Gasteiger partial charge in [0.25, 0.3) is 5.91 Å². The van der Waals surface area contributed by atoms with E-state index in [1.165, 1.54) is 6.07 Å². The molecule has 3 rings (SSSR count). The molecular weight excluding hydrogens is 486 g/mol. The largest absolute Gasteiger partial charge is 0.345 e. The highest BCUT2D eigenvalue weighted by molar-refractivity contribution is 7.99. The molecule has 1 N–H and O–H groups in total. The zero-order valence-electron chi connectivity index (χ0n) is 16.0. The monoisotopic (exact) mass is 502 g/mol. The van der Waals surface area contributed by atoms with E-state index < -0.39 is 0 Å². The number of halogens is 4. The summed E-state index contributed by atoms with van der Waals surface area (Å²) in [5.41, 5.74) is 1.10. The van der Waals surface area contributed by atoms with Crippen molar-refractivity contribution in [3.05, 3.63) is 67.9 Å². The van der Waals surface area contributed by atoms with Crippen LogP contribution < -0.4 is 5.32 Å². The first kappa shape index (κ1) is 23.2. The Morgan fingerprint density at radius 3 is 2.53 bits per heavy atom. The average Bonchev–Trinajstić information content (AvgIpc) is 3.11. The van der Waals surface area contributed by atoms with Gasteiger partial charge in [0, 0.05) is 10.8 Å². The van der Waals surface area contributed by atoms with E-state index in [0.29, 0.717) is 26.5 Å². The van der Waals surface area contributed by atoms with Crippen molar-refractivity contribution < 1.29 is 4.79 Å². The van der Waals surface area contributed by atoms with Crippen molar-refractivity contribution in [1.29, 1.82) is 0 Å². The maximum absolute atomic E-state index is 12.6. The van der Waals surface area contributed by atoms with Crippen molar-refractivity contribution in [3.63, 3.8) is 0 Å². The van der Waals surface area contributed by atoms with Crippen LogP contribution in [-0.4, -0.2) is 26.4 Å². The lowest BCUT2D eigenvalue weighted by Crippen LogP contribution is -2.25. The van der Waals surface area contributed by atoms with Gasteiger partial charge in [-0.3, -0.25) is 9.36 Å². The van der Waals surface area contributed by atoms with Gasteiger partial charge >= 0.3 is 0 Å². The van der Waals surface area contributed by atoms with Gasteiger partial charge < -0.3 is 5.32 Å². The van der Waals surface area contributed by atoms with Crippen LogP contribution in [0.3, 0.4) is 0 Å². The lowest BCUT2D eigenvalue weighted by molar-refractivity contribution is 0.0950. The Kier molecular flexibility index (Phi) is 8.31. The van der Waals surface area contributed by atoms with Crippen molar-refractivity contribution in [2.24, 2.45) is 0 Å². The molecule has 0 radical (unpaired) electrons. The van der Waals surface area contributed by atoms with Crippen LogP contribution in [0.2, 0.25) is 20.1 Å². The molecule has 3 aromatic rings. The third-order valence-corrected chi connectivity index (χ3v) is 6.48. The number of rotatable bonds is 8. The minimum Gasteiger partial charge on any atom is -0.345 e. The van der Waals surface area contributed by atoms with Crippen molar-refractivity contribution >= 4 is 64.1 Å². The summed E-state index contributed by atoms with van der Waals surface area (Å²) in [7, 11) is 0. The van der Waals surface area contributed by atoms with Gasteiger partial charge in [0.15, 0.2) is 11.0 Å². The second kappa shape index (κ2) is 10.7. The fourth-order valence-electron chi connectivity index (χ4n) is 2.63. The lowest BCUT2D eigenvalue weighted by atomic mass is 10.2. The first-order chi connectivity index (χ1) is 14.4. The van der Waals surface area contributed by atoms with E-state index in [2.05, 4.69) is 22.4 Å². The second-order valence-electron chi connectivity index (χ2n) is 6.34. The quantitative estimate of drug-likeness (QED) is 0.274. The van der Waals surface area contributed by atoms with Crippen LogP contribution in [0.4, 0.5) is 0 Å². The second-order valence-corrected chi connectivity index (χ2v) is 9.06. The van der Waals surface area contributed by atoms with Crippen molar-refractivity contribution in [3.8, 4) is 5.69 Å². The fraction of sp³-hybridized carbons (Fsp3) is 0.250. The SMILES string of the molecule is CCCCSc1nnc(CNC(=O)c2ccc(Cl)cc2Cl)n1-c1ccc(Cl)c(Cl)c1. The molecular formula is C20H18Cl4N4OS. The Bertz CT molecular complexity index is 1060. The molecule has 0 spiro atoms. The summed E-state index contributed by atoms with van der Waals surface area (Å²) in [4.78, 5) is 12.6. The van der Waals surface area contributed by atoms with Gasteiger partial charge in [-0.25, -0.2) is 0 Å². The molecule has 1 aromatic heterocycles. The van der Waals surface area contributed by atoms with Crippen LogP contribution >= 0.6 is 58.2 Å². The maximum Gasteiger partial charge on any atom is 0.253 e. The summed E-state index contributed by atoms with van der Waals surface area (Å²) in [6.45, 7) is 2.28. The molecule has 0 unspecified atom stereocenters. The molecule has 0 aliphatic heterocycles. The Morgan fingerprint density at radius 1 is 1.03 bits per heavy atom. The van der Waals surface area contributed by atoms with E-state index in [9.17, 15) is 4.79 Å². The van der Waals surface area contributed by atoms with Crippen LogP contribution in [0.5, 0.6) is 0 Å². The number of aromatic nitrogens is 3. The van der Waals surface area contributed by atoms with Gasteiger partial charge in [-0.1, -0.05) is 71.5 Å². The maximum atomic E-state index is 12.6. The number of carbonyl (C=O) groups is 1. The number of nitrogens with zero attached hydrogens (tertiary/aromatic N) is 3. The van der Waals surface area contributed by atoms with Crippen LogP contribution in [-0.2, 0) is 6.54 Å². The average molecular weight is 504 g/mol. The fourth-order valence-corrected chi connectivity index (χ4v) is 4.47. The first-order valence-corrected chi connectivity index (χ1v) is 11.7. The molecule has 0 bridgehead atoms. The third-order valence-electron chi connectivity index (χ3n) is 4.17. The molecule has 0 saturated carbocycles. The zero-order valence-corrected chi connectivity index (χ0v) is 19.8. The zero-order chi connectivity index (χ0) is 21.7. The highest BCUT2D eigenvalue weighted by Crippen LogP contribution is 2.28.